The molecule has 1 nitrogen and oxygen atoms in total. The highest BCUT2D eigenvalue weighted by Gasteiger charge is 2.18. The summed E-state index contributed by atoms with van der Waals surface area (Å²) in [6, 6.07) is 10.2. The lowest BCUT2D eigenvalue weighted by atomic mass is 9.55. The van der Waals surface area contributed by atoms with Gasteiger partial charge in [0.25, 0.3) is 0 Å². The molecule has 0 amide bonds. The maximum Gasteiger partial charge on any atom is 0.210 e. The summed E-state index contributed by atoms with van der Waals surface area (Å²) in [4.78, 5) is 11.1. The van der Waals surface area contributed by atoms with Crippen LogP contribution in [0.3, 0.4) is 0 Å². The van der Waals surface area contributed by atoms with Crippen molar-refractivity contribution in [3.05, 3.63) is 35.9 Å². The van der Waals surface area contributed by atoms with E-state index in [9.17, 15) is 4.79 Å². The number of rotatable bonds is 4. The number of benzene rings is 1. The Kier molecular flexibility index (Phi) is 3.93. The molecule has 0 heterocycles. The summed E-state index contributed by atoms with van der Waals surface area (Å²) in [5, 5.41) is 0. The van der Waals surface area contributed by atoms with Crippen molar-refractivity contribution < 1.29 is 4.79 Å². The van der Waals surface area contributed by atoms with Gasteiger partial charge in [-0.3, -0.25) is 0 Å². The molecule has 1 unspecified atom stereocenters. The Hall–Kier alpha value is -1.05. The molecule has 0 aromatic heterocycles. The fourth-order valence-electron chi connectivity index (χ4n) is 1.60. The first kappa shape index (κ1) is 11.0. The van der Waals surface area contributed by atoms with E-state index in [-0.39, 0.29) is 11.5 Å². The second kappa shape index (κ2) is 4.99. The lowest BCUT2D eigenvalue weighted by molar-refractivity contribution is -0.110. The van der Waals surface area contributed by atoms with Gasteiger partial charge in [0, 0.05) is 0 Å². The van der Waals surface area contributed by atoms with E-state index in [1.807, 2.05) is 18.2 Å². The van der Waals surface area contributed by atoms with Gasteiger partial charge in [-0.05, 0) is 18.7 Å². The summed E-state index contributed by atoms with van der Waals surface area (Å²) in [5.41, 5.74) is 1.37. The van der Waals surface area contributed by atoms with Gasteiger partial charge in [0.2, 0.25) is 7.28 Å². The lowest BCUT2D eigenvalue weighted by Gasteiger charge is -2.18. The first-order valence-corrected chi connectivity index (χ1v) is 5.01. The van der Waals surface area contributed by atoms with Crippen LogP contribution in [-0.2, 0) is 4.79 Å². The monoisotopic (exact) mass is 187 g/mol. The van der Waals surface area contributed by atoms with Crippen molar-refractivity contribution in [1.29, 1.82) is 0 Å². The SMILES string of the molecule is CC(=O)[B]C(c1ccccc1)C(C)C. The van der Waals surface area contributed by atoms with E-state index in [1.54, 1.807) is 14.2 Å². The second-order valence-electron chi connectivity index (χ2n) is 3.96. The fourth-order valence-corrected chi connectivity index (χ4v) is 1.60. The van der Waals surface area contributed by atoms with Gasteiger partial charge in [0.05, 0.1) is 5.68 Å². The quantitative estimate of drug-likeness (QED) is 0.662. The third kappa shape index (κ3) is 3.02. The van der Waals surface area contributed by atoms with Gasteiger partial charge in [-0.15, -0.1) is 0 Å². The van der Waals surface area contributed by atoms with Gasteiger partial charge in [0.15, 0.2) is 0 Å². The van der Waals surface area contributed by atoms with Crippen LogP contribution < -0.4 is 0 Å². The Morgan fingerprint density at radius 1 is 1.21 bits per heavy atom. The smallest absolute Gasteiger partial charge is 0.210 e. The molecule has 1 radical (unpaired) electrons. The van der Waals surface area contributed by atoms with E-state index in [0.717, 1.165) is 0 Å². The molecule has 0 spiro atoms. The number of hydrogen-bond donors (Lipinski definition) is 0. The van der Waals surface area contributed by atoms with E-state index in [0.29, 0.717) is 5.92 Å². The van der Waals surface area contributed by atoms with Gasteiger partial charge < -0.3 is 4.79 Å². The maximum absolute atomic E-state index is 11.1. The van der Waals surface area contributed by atoms with Gasteiger partial charge in [0.1, 0.15) is 0 Å². The molecule has 2 heteroatoms. The van der Waals surface area contributed by atoms with E-state index in [2.05, 4.69) is 26.0 Å². The largest absolute Gasteiger partial charge is 0.312 e. The first-order valence-electron chi connectivity index (χ1n) is 5.01. The van der Waals surface area contributed by atoms with Crippen LogP contribution >= 0.6 is 0 Å². The van der Waals surface area contributed by atoms with Gasteiger partial charge >= 0.3 is 0 Å². The fraction of sp³-hybridized carbons (Fsp3) is 0.417. The molecule has 73 valence electrons. The van der Waals surface area contributed by atoms with E-state index in [1.165, 1.54) is 5.56 Å². The molecule has 0 aliphatic heterocycles. The summed E-state index contributed by atoms with van der Waals surface area (Å²) in [6.07, 6.45) is 0. The molecule has 1 rings (SSSR count). The molecule has 0 fully saturated rings. The zero-order valence-electron chi connectivity index (χ0n) is 9.03. The Bertz CT molecular complexity index is 292. The molecule has 0 aliphatic carbocycles. The molecule has 0 saturated carbocycles. The van der Waals surface area contributed by atoms with Gasteiger partial charge in [-0.2, -0.15) is 0 Å². The molecule has 14 heavy (non-hydrogen) atoms. The highest BCUT2D eigenvalue weighted by molar-refractivity contribution is 6.74. The molecule has 0 aliphatic rings. The molecule has 0 bridgehead atoms. The van der Waals surface area contributed by atoms with E-state index in [4.69, 9.17) is 0 Å². The summed E-state index contributed by atoms with van der Waals surface area (Å²) in [7, 11) is 1.81. The van der Waals surface area contributed by atoms with E-state index >= 15 is 0 Å². The Balaban J connectivity index is 2.83. The average molecular weight is 187 g/mol. The minimum Gasteiger partial charge on any atom is -0.312 e. The molecular formula is C12H16BO. The van der Waals surface area contributed by atoms with Crippen LogP contribution in [0.15, 0.2) is 30.3 Å². The third-order valence-electron chi connectivity index (χ3n) is 2.32. The molecular weight excluding hydrogens is 171 g/mol. The predicted molar refractivity (Wildman–Crippen MR) is 60.5 cm³/mol. The molecule has 1 aromatic rings. The van der Waals surface area contributed by atoms with Gasteiger partial charge in [-0.1, -0.05) is 49.7 Å². The predicted octanol–water partition coefficient (Wildman–Crippen LogP) is 2.63. The van der Waals surface area contributed by atoms with Crippen LogP contribution in [-0.4, -0.2) is 13.0 Å². The van der Waals surface area contributed by atoms with Gasteiger partial charge in [-0.25, -0.2) is 0 Å². The Labute approximate surface area is 86.8 Å². The zero-order chi connectivity index (χ0) is 10.6. The first-order chi connectivity index (χ1) is 6.61. The summed E-state index contributed by atoms with van der Waals surface area (Å²) in [5.74, 6) is 0.704. The van der Waals surface area contributed by atoms with Crippen LogP contribution in [0.25, 0.3) is 0 Å². The number of carbonyl (C=O) groups is 1. The van der Waals surface area contributed by atoms with Crippen molar-refractivity contribution in [2.24, 2.45) is 5.92 Å². The van der Waals surface area contributed by atoms with Crippen LogP contribution in [0.1, 0.15) is 32.2 Å². The van der Waals surface area contributed by atoms with E-state index < -0.39 is 0 Å². The summed E-state index contributed by atoms with van der Waals surface area (Å²) in [6.45, 7) is 5.88. The van der Waals surface area contributed by atoms with Crippen molar-refractivity contribution in [2.45, 2.75) is 26.6 Å². The average Bonchev–Trinajstić information content (AvgIpc) is 2.15. The molecule has 0 N–H and O–H groups in total. The van der Waals surface area contributed by atoms with Crippen molar-refractivity contribution in [2.75, 3.05) is 0 Å². The highest BCUT2D eigenvalue weighted by Crippen LogP contribution is 2.22. The summed E-state index contributed by atoms with van der Waals surface area (Å²) >= 11 is 0. The topological polar surface area (TPSA) is 17.1 Å². The van der Waals surface area contributed by atoms with Crippen LogP contribution in [0, 0.1) is 5.92 Å². The standard InChI is InChI=1S/C12H16BO/c1-9(2)12(13-10(3)14)11-7-5-4-6-8-11/h4-9,12H,1-3H3. The number of carbonyl (C=O) groups excluding carboxylic acids is 1. The van der Waals surface area contributed by atoms with Crippen molar-refractivity contribution in [1.82, 2.24) is 0 Å². The maximum atomic E-state index is 11.1. The number of hydrogen-bond acceptors (Lipinski definition) is 1. The Morgan fingerprint density at radius 3 is 2.21 bits per heavy atom. The Morgan fingerprint density at radius 2 is 1.79 bits per heavy atom. The van der Waals surface area contributed by atoms with Crippen molar-refractivity contribution >= 4 is 13.0 Å². The van der Waals surface area contributed by atoms with Crippen molar-refractivity contribution in [3.63, 3.8) is 0 Å². The second-order valence-corrected chi connectivity index (χ2v) is 3.96. The summed E-state index contributed by atoms with van der Waals surface area (Å²) < 4.78 is 0. The van der Waals surface area contributed by atoms with Crippen molar-refractivity contribution in [3.8, 4) is 0 Å². The van der Waals surface area contributed by atoms with Crippen LogP contribution in [0.2, 0.25) is 0 Å². The highest BCUT2D eigenvalue weighted by atomic mass is 16.1. The zero-order valence-corrected chi connectivity index (χ0v) is 9.03. The molecule has 1 atom stereocenters. The van der Waals surface area contributed by atoms with Crippen LogP contribution in [0.4, 0.5) is 0 Å². The molecule has 0 saturated heterocycles. The third-order valence-corrected chi connectivity index (χ3v) is 2.32. The minimum atomic E-state index is 0.146. The minimum absolute atomic E-state index is 0.146. The van der Waals surface area contributed by atoms with Crippen LogP contribution in [0.5, 0.6) is 0 Å². The lowest BCUT2D eigenvalue weighted by Crippen LogP contribution is -2.20. The normalized spacial score (nSPS) is 12.6. The molecule has 1 aromatic carbocycles.